The summed E-state index contributed by atoms with van der Waals surface area (Å²) < 4.78 is 0. The molecule has 1 heterocycles. The van der Waals surface area contributed by atoms with Crippen LogP contribution in [-0.2, 0) is 4.79 Å². The first-order chi connectivity index (χ1) is 10.3. The third kappa shape index (κ3) is 2.58. The number of carbonyl (C=O) groups excluding carboxylic acids is 1. The van der Waals surface area contributed by atoms with Gasteiger partial charge in [-0.3, -0.25) is 4.79 Å². The Morgan fingerprint density at radius 3 is 2.52 bits per heavy atom. The molecule has 2 aromatic carbocycles. The molecule has 0 saturated heterocycles. The largest absolute Gasteiger partial charge is 0.377 e. The third-order valence-electron chi connectivity index (χ3n) is 3.47. The van der Waals surface area contributed by atoms with Gasteiger partial charge in [-0.25, -0.2) is 0 Å². The fourth-order valence-electron chi connectivity index (χ4n) is 2.49. The average Bonchev–Trinajstić information content (AvgIpc) is 2.66. The van der Waals surface area contributed by atoms with E-state index in [0.29, 0.717) is 0 Å². The molecule has 1 amide bonds. The first-order valence-electron chi connectivity index (χ1n) is 6.84. The summed E-state index contributed by atoms with van der Waals surface area (Å²) in [5.41, 5.74) is 3.96. The lowest BCUT2D eigenvalue weighted by molar-refractivity contribution is -0.116. The molecule has 0 radical (unpaired) electrons. The van der Waals surface area contributed by atoms with Crippen molar-refractivity contribution in [2.75, 3.05) is 5.32 Å². The second-order valence-corrected chi connectivity index (χ2v) is 4.83. The van der Waals surface area contributed by atoms with Crippen molar-refractivity contribution in [2.24, 2.45) is 0 Å². The first kappa shape index (κ1) is 13.2. The molecule has 1 atom stereocenters. The van der Waals surface area contributed by atoms with Crippen molar-refractivity contribution < 1.29 is 4.79 Å². The summed E-state index contributed by atoms with van der Waals surface area (Å²) in [4.78, 5) is 12.3. The number of nitrogens with one attached hydrogen (secondary N) is 2. The summed E-state index contributed by atoms with van der Waals surface area (Å²) in [5, 5.41) is 5.94. The molecule has 3 nitrogen and oxygen atoms in total. The summed E-state index contributed by atoms with van der Waals surface area (Å²) in [6.07, 6.45) is 3.48. The van der Waals surface area contributed by atoms with E-state index in [2.05, 4.69) is 17.2 Å². The maximum atomic E-state index is 12.3. The third-order valence-corrected chi connectivity index (χ3v) is 3.47. The molecular formula is C18H16N2O. The Kier molecular flexibility index (Phi) is 3.56. The molecule has 1 aliphatic rings. The van der Waals surface area contributed by atoms with Gasteiger partial charge in [-0.1, -0.05) is 55.1 Å². The van der Waals surface area contributed by atoms with Crippen LogP contribution in [0.15, 0.2) is 73.5 Å². The summed E-state index contributed by atoms with van der Waals surface area (Å²) in [7, 11) is 0. The van der Waals surface area contributed by atoms with Crippen molar-refractivity contribution in [2.45, 2.75) is 6.04 Å². The number of carbonyl (C=O) groups is 1. The number of benzene rings is 2. The Balaban J connectivity index is 2.17. The van der Waals surface area contributed by atoms with Gasteiger partial charge in [0.05, 0.1) is 0 Å². The number of hydrogen-bond donors (Lipinski definition) is 2. The number of amides is 1. The summed E-state index contributed by atoms with van der Waals surface area (Å²) in [6, 6.07) is 17.5. The van der Waals surface area contributed by atoms with Gasteiger partial charge in [0.25, 0.3) is 5.91 Å². The molecule has 2 aromatic rings. The second-order valence-electron chi connectivity index (χ2n) is 4.83. The number of hydrogen-bond acceptors (Lipinski definition) is 2. The van der Waals surface area contributed by atoms with Gasteiger partial charge in [0.2, 0.25) is 0 Å². The van der Waals surface area contributed by atoms with Crippen LogP contribution in [0.1, 0.15) is 11.1 Å². The Morgan fingerprint density at radius 1 is 1.05 bits per heavy atom. The highest BCUT2D eigenvalue weighted by atomic mass is 16.2. The van der Waals surface area contributed by atoms with E-state index in [9.17, 15) is 4.79 Å². The van der Waals surface area contributed by atoms with Crippen LogP contribution in [-0.4, -0.2) is 11.9 Å². The fraction of sp³-hybridized carbons (Fsp3) is 0.0556. The van der Waals surface area contributed by atoms with Gasteiger partial charge in [-0.05, 0) is 29.5 Å². The Labute approximate surface area is 124 Å². The lowest BCUT2D eigenvalue weighted by Crippen LogP contribution is -2.35. The zero-order valence-corrected chi connectivity index (χ0v) is 11.5. The van der Waals surface area contributed by atoms with Gasteiger partial charge in [0.1, 0.15) is 6.04 Å². The molecule has 104 valence electrons. The van der Waals surface area contributed by atoms with Crippen LogP contribution < -0.4 is 10.6 Å². The van der Waals surface area contributed by atoms with E-state index in [1.807, 2.05) is 60.7 Å². The number of rotatable bonds is 3. The molecular weight excluding hydrogens is 260 g/mol. The topological polar surface area (TPSA) is 41.1 Å². The highest BCUT2D eigenvalue weighted by Gasteiger charge is 2.22. The molecule has 1 aliphatic heterocycles. The number of anilines is 1. The molecule has 0 aliphatic carbocycles. The van der Waals surface area contributed by atoms with Crippen molar-refractivity contribution in [3.05, 3.63) is 84.6 Å². The maximum Gasteiger partial charge on any atom is 0.250 e. The van der Waals surface area contributed by atoms with Crippen LogP contribution in [0.2, 0.25) is 0 Å². The summed E-state index contributed by atoms with van der Waals surface area (Å²) in [6.45, 7) is 3.65. The molecule has 0 fully saturated rings. The molecule has 0 saturated carbocycles. The van der Waals surface area contributed by atoms with E-state index in [1.165, 1.54) is 0 Å². The number of para-hydroxylation sites is 1. The van der Waals surface area contributed by atoms with E-state index in [-0.39, 0.29) is 5.91 Å². The molecule has 0 aromatic heterocycles. The summed E-state index contributed by atoms with van der Waals surface area (Å²) in [5.74, 6) is -0.0896. The first-order valence-corrected chi connectivity index (χ1v) is 6.84. The monoisotopic (exact) mass is 276 g/mol. The van der Waals surface area contributed by atoms with Gasteiger partial charge in [0, 0.05) is 11.3 Å². The smallest absolute Gasteiger partial charge is 0.250 e. The van der Waals surface area contributed by atoms with Crippen LogP contribution in [0, 0.1) is 0 Å². The van der Waals surface area contributed by atoms with Crippen molar-refractivity contribution in [3.63, 3.8) is 0 Å². The molecule has 3 heteroatoms. The van der Waals surface area contributed by atoms with Crippen molar-refractivity contribution >= 4 is 17.2 Å². The molecule has 0 bridgehead atoms. The van der Waals surface area contributed by atoms with Crippen molar-refractivity contribution in [3.8, 4) is 0 Å². The maximum absolute atomic E-state index is 12.3. The van der Waals surface area contributed by atoms with Crippen molar-refractivity contribution in [1.29, 1.82) is 0 Å². The molecule has 1 unspecified atom stereocenters. The zero-order valence-electron chi connectivity index (χ0n) is 11.5. The minimum Gasteiger partial charge on any atom is -0.377 e. The zero-order chi connectivity index (χ0) is 14.7. The van der Waals surface area contributed by atoms with Crippen LogP contribution in [0.4, 0.5) is 5.69 Å². The number of fused-ring (bicyclic) bond motifs is 1. The highest BCUT2D eigenvalue weighted by molar-refractivity contribution is 6.04. The van der Waals surface area contributed by atoms with E-state index in [4.69, 9.17) is 0 Å². The average molecular weight is 276 g/mol. The summed E-state index contributed by atoms with van der Waals surface area (Å²) >= 11 is 0. The van der Waals surface area contributed by atoms with Crippen molar-refractivity contribution in [1.82, 2.24) is 5.32 Å². The highest BCUT2D eigenvalue weighted by Crippen LogP contribution is 2.32. The molecule has 3 rings (SSSR count). The predicted octanol–water partition coefficient (Wildman–Crippen LogP) is 3.17. The Hall–Kier alpha value is -2.81. The molecule has 2 N–H and O–H groups in total. The molecule has 21 heavy (non-hydrogen) atoms. The van der Waals surface area contributed by atoms with E-state index < -0.39 is 6.04 Å². The lowest BCUT2D eigenvalue weighted by atomic mass is 9.96. The minimum atomic E-state index is -0.440. The normalized spacial score (nSPS) is 17.0. The molecule has 0 spiro atoms. The van der Waals surface area contributed by atoms with Gasteiger partial charge in [0.15, 0.2) is 0 Å². The van der Waals surface area contributed by atoms with Crippen LogP contribution in [0.3, 0.4) is 0 Å². The van der Waals surface area contributed by atoms with E-state index in [1.54, 1.807) is 6.20 Å². The van der Waals surface area contributed by atoms with Crippen LogP contribution in [0.25, 0.3) is 5.57 Å². The van der Waals surface area contributed by atoms with Gasteiger partial charge < -0.3 is 10.6 Å². The lowest BCUT2D eigenvalue weighted by Gasteiger charge is -2.11. The standard InChI is InChI=1S/C18H16N2O/c1-2-19-17-12-15(13-8-4-3-5-9-13)14-10-6-7-11-16(14)20-18(17)21/h2-12,17,19H,1H2,(H,20,21). The fourth-order valence-corrected chi connectivity index (χ4v) is 2.49. The van der Waals surface area contributed by atoms with Gasteiger partial charge >= 0.3 is 0 Å². The Bertz CT molecular complexity index is 704. The van der Waals surface area contributed by atoms with Crippen LogP contribution >= 0.6 is 0 Å². The Morgan fingerprint density at radius 2 is 1.76 bits per heavy atom. The predicted molar refractivity (Wildman–Crippen MR) is 85.7 cm³/mol. The van der Waals surface area contributed by atoms with E-state index >= 15 is 0 Å². The van der Waals surface area contributed by atoms with Crippen LogP contribution in [0.5, 0.6) is 0 Å². The quantitative estimate of drug-likeness (QED) is 0.904. The van der Waals surface area contributed by atoms with E-state index in [0.717, 1.165) is 22.4 Å². The van der Waals surface area contributed by atoms with Gasteiger partial charge in [-0.2, -0.15) is 0 Å². The van der Waals surface area contributed by atoms with Gasteiger partial charge in [-0.15, -0.1) is 0 Å². The second kappa shape index (κ2) is 5.67. The SMILES string of the molecule is C=CNC1C=C(c2ccccc2)c2ccccc2NC1=O. The minimum absolute atomic E-state index is 0.0896.